The van der Waals surface area contributed by atoms with Gasteiger partial charge in [-0.2, -0.15) is 0 Å². The Balaban J connectivity index is 0.00000145. The van der Waals surface area contributed by atoms with Gasteiger partial charge in [-0.25, -0.2) is 14.4 Å². The normalized spacial score (nSPS) is 17.7. The zero-order valence-electron chi connectivity index (χ0n) is 21.7. The predicted octanol–water partition coefficient (Wildman–Crippen LogP) is 5.26. The summed E-state index contributed by atoms with van der Waals surface area (Å²) in [6.07, 6.45) is 4.84. The number of ether oxygens (including phenoxy) is 2. The van der Waals surface area contributed by atoms with Gasteiger partial charge in [-0.3, -0.25) is 0 Å². The van der Waals surface area contributed by atoms with Crippen molar-refractivity contribution in [1.29, 1.82) is 0 Å². The number of nitrogens with one attached hydrogen (secondary N) is 1. The van der Waals surface area contributed by atoms with Gasteiger partial charge in [0.25, 0.3) is 0 Å². The molecule has 0 aromatic heterocycles. The molecule has 2 aromatic carbocycles. The van der Waals surface area contributed by atoms with Crippen LogP contribution in [0, 0.1) is 0 Å². The molecule has 0 saturated carbocycles. The SMILES string of the molecule is CCC.CCC1(c2cccc(OC(=O)NCC(=O)Oc3ccccc3C(=O)O)c2)CCCCN(C)C1. The van der Waals surface area contributed by atoms with Gasteiger partial charge in [0.05, 0.1) is 0 Å². The maximum Gasteiger partial charge on any atom is 0.413 e. The number of hydrogen-bond donors (Lipinski definition) is 2. The summed E-state index contributed by atoms with van der Waals surface area (Å²) < 4.78 is 10.5. The van der Waals surface area contributed by atoms with Gasteiger partial charge < -0.3 is 24.8 Å². The van der Waals surface area contributed by atoms with Gasteiger partial charge in [-0.15, -0.1) is 0 Å². The minimum Gasteiger partial charge on any atom is -0.478 e. The molecule has 1 aliphatic heterocycles. The number of carboxylic acids is 1. The maximum atomic E-state index is 12.2. The van der Waals surface area contributed by atoms with Crippen LogP contribution in [0.3, 0.4) is 0 Å². The third kappa shape index (κ3) is 8.37. The number of carbonyl (C=O) groups excluding carboxylic acids is 2. The molecule has 0 bridgehead atoms. The second-order valence-electron chi connectivity index (χ2n) is 9.08. The number of benzene rings is 2. The molecule has 8 heteroatoms. The van der Waals surface area contributed by atoms with Crippen LogP contribution in [-0.4, -0.2) is 54.7 Å². The summed E-state index contributed by atoms with van der Waals surface area (Å²) in [5, 5.41) is 11.5. The van der Waals surface area contributed by atoms with E-state index in [1.165, 1.54) is 31.0 Å². The van der Waals surface area contributed by atoms with Crippen molar-refractivity contribution in [3.63, 3.8) is 0 Å². The summed E-state index contributed by atoms with van der Waals surface area (Å²) in [7, 11) is 2.14. The Labute approximate surface area is 213 Å². The Hall–Kier alpha value is -3.39. The first-order valence-electron chi connectivity index (χ1n) is 12.5. The highest BCUT2D eigenvalue weighted by Gasteiger charge is 2.33. The summed E-state index contributed by atoms with van der Waals surface area (Å²) in [5.41, 5.74) is 0.996. The molecule has 196 valence electrons. The first-order chi connectivity index (χ1) is 17.2. The van der Waals surface area contributed by atoms with Gasteiger partial charge in [-0.1, -0.05) is 57.9 Å². The topological polar surface area (TPSA) is 105 Å². The molecule has 1 unspecified atom stereocenters. The third-order valence-electron chi connectivity index (χ3n) is 6.07. The van der Waals surface area contributed by atoms with E-state index in [0.717, 1.165) is 37.9 Å². The van der Waals surface area contributed by atoms with Crippen molar-refractivity contribution in [3.8, 4) is 11.5 Å². The lowest BCUT2D eigenvalue weighted by atomic mass is 9.74. The molecule has 0 spiro atoms. The Kier molecular flexibility index (Phi) is 11.4. The van der Waals surface area contributed by atoms with Crippen LogP contribution in [0.5, 0.6) is 11.5 Å². The Morgan fingerprint density at radius 1 is 1.03 bits per heavy atom. The Morgan fingerprint density at radius 2 is 1.75 bits per heavy atom. The fraction of sp³-hybridized carbons (Fsp3) is 0.464. The van der Waals surface area contributed by atoms with E-state index in [9.17, 15) is 14.4 Å². The second-order valence-corrected chi connectivity index (χ2v) is 9.08. The number of esters is 1. The van der Waals surface area contributed by atoms with Crippen LogP contribution in [0.25, 0.3) is 0 Å². The molecule has 1 atom stereocenters. The lowest BCUT2D eigenvalue weighted by Crippen LogP contribution is -2.37. The first kappa shape index (κ1) is 28.8. The fourth-order valence-corrected chi connectivity index (χ4v) is 4.32. The van der Waals surface area contributed by atoms with Crippen LogP contribution in [0.4, 0.5) is 4.79 Å². The van der Waals surface area contributed by atoms with Gasteiger partial charge in [-0.05, 0) is 62.7 Å². The molecule has 1 fully saturated rings. The number of aromatic carboxylic acids is 1. The van der Waals surface area contributed by atoms with Gasteiger partial charge in [0, 0.05) is 12.0 Å². The number of likely N-dealkylation sites (tertiary alicyclic amines) is 1. The van der Waals surface area contributed by atoms with Crippen LogP contribution in [0.2, 0.25) is 0 Å². The number of para-hydroxylation sites is 1. The van der Waals surface area contributed by atoms with Gasteiger partial charge in [0.1, 0.15) is 23.6 Å². The largest absolute Gasteiger partial charge is 0.478 e. The molecule has 2 N–H and O–H groups in total. The molecule has 1 saturated heterocycles. The minimum absolute atomic E-state index is 0.00241. The number of likely N-dealkylation sites (N-methyl/N-ethyl adjacent to an activating group) is 1. The molecule has 0 aliphatic carbocycles. The monoisotopic (exact) mass is 498 g/mol. The lowest BCUT2D eigenvalue weighted by Gasteiger charge is -2.35. The molecule has 3 rings (SSSR count). The fourth-order valence-electron chi connectivity index (χ4n) is 4.32. The highest BCUT2D eigenvalue weighted by atomic mass is 16.6. The molecule has 1 heterocycles. The van der Waals surface area contributed by atoms with E-state index >= 15 is 0 Å². The summed E-state index contributed by atoms with van der Waals surface area (Å²) in [5.74, 6) is -1.71. The second kappa shape index (κ2) is 14.2. The van der Waals surface area contributed by atoms with Gasteiger partial charge in [0.2, 0.25) is 0 Å². The number of rotatable bonds is 7. The van der Waals surface area contributed by atoms with E-state index in [-0.39, 0.29) is 16.7 Å². The van der Waals surface area contributed by atoms with E-state index in [0.29, 0.717) is 5.75 Å². The molecule has 1 aliphatic rings. The number of amides is 1. The summed E-state index contributed by atoms with van der Waals surface area (Å²) >= 11 is 0. The van der Waals surface area contributed by atoms with Crippen molar-refractivity contribution in [3.05, 3.63) is 59.7 Å². The zero-order chi connectivity index (χ0) is 26.6. The van der Waals surface area contributed by atoms with Crippen molar-refractivity contribution in [2.45, 2.75) is 58.3 Å². The molecule has 1 amide bonds. The highest BCUT2D eigenvalue weighted by Crippen LogP contribution is 2.37. The number of carboxylic acid groups (broad SMARTS) is 1. The maximum absolute atomic E-state index is 12.2. The molecule has 0 radical (unpaired) electrons. The van der Waals surface area contributed by atoms with Crippen LogP contribution in [-0.2, 0) is 10.2 Å². The van der Waals surface area contributed by atoms with Crippen molar-refractivity contribution >= 4 is 18.0 Å². The smallest absolute Gasteiger partial charge is 0.413 e. The van der Waals surface area contributed by atoms with Crippen LogP contribution < -0.4 is 14.8 Å². The number of carbonyl (C=O) groups is 3. The van der Waals surface area contributed by atoms with E-state index in [2.05, 4.69) is 44.1 Å². The molecule has 2 aromatic rings. The van der Waals surface area contributed by atoms with Gasteiger partial charge in [0.15, 0.2) is 0 Å². The average Bonchev–Trinajstić information content (AvgIpc) is 3.05. The summed E-state index contributed by atoms with van der Waals surface area (Å²) in [6, 6.07) is 13.3. The molecule has 8 nitrogen and oxygen atoms in total. The van der Waals surface area contributed by atoms with E-state index in [1.807, 2.05) is 12.1 Å². The number of hydrogen-bond acceptors (Lipinski definition) is 6. The summed E-state index contributed by atoms with van der Waals surface area (Å²) in [6.45, 7) is 8.00. The van der Waals surface area contributed by atoms with E-state index in [1.54, 1.807) is 12.1 Å². The van der Waals surface area contributed by atoms with Crippen LogP contribution in [0.1, 0.15) is 68.8 Å². The van der Waals surface area contributed by atoms with Gasteiger partial charge >= 0.3 is 18.0 Å². The molecular weight excluding hydrogens is 460 g/mol. The quantitative estimate of drug-likeness (QED) is 0.396. The van der Waals surface area contributed by atoms with Crippen molar-refractivity contribution in [2.24, 2.45) is 0 Å². The Bertz CT molecular complexity index is 1020. The number of nitrogens with zero attached hydrogens (tertiary/aromatic N) is 1. The predicted molar refractivity (Wildman–Crippen MR) is 139 cm³/mol. The average molecular weight is 499 g/mol. The summed E-state index contributed by atoms with van der Waals surface area (Å²) in [4.78, 5) is 37.9. The van der Waals surface area contributed by atoms with Crippen molar-refractivity contribution in [2.75, 3.05) is 26.7 Å². The van der Waals surface area contributed by atoms with Crippen molar-refractivity contribution < 1.29 is 29.0 Å². The van der Waals surface area contributed by atoms with Crippen molar-refractivity contribution in [1.82, 2.24) is 10.2 Å². The van der Waals surface area contributed by atoms with Crippen LogP contribution >= 0.6 is 0 Å². The molecular formula is C28H38N2O6. The third-order valence-corrected chi connectivity index (χ3v) is 6.07. The van der Waals surface area contributed by atoms with E-state index < -0.39 is 24.6 Å². The standard InChI is InChI=1S/C25H30N2O6.C3H8/c1-3-25(13-6-7-14-27(2)17-25)18-9-8-10-19(15-18)32-24(31)26-16-22(28)33-21-12-5-4-11-20(21)23(29)30;1-3-2/h4-5,8-12,15H,3,6-7,13-14,16-17H2,1-2H3,(H,26,31)(H,29,30);3H2,1-2H3. The minimum atomic E-state index is -1.21. The highest BCUT2D eigenvalue weighted by molar-refractivity contribution is 5.92. The lowest BCUT2D eigenvalue weighted by molar-refractivity contribution is -0.133. The Morgan fingerprint density at radius 3 is 2.44 bits per heavy atom. The zero-order valence-corrected chi connectivity index (χ0v) is 21.7. The van der Waals surface area contributed by atoms with Crippen LogP contribution in [0.15, 0.2) is 48.5 Å². The van der Waals surface area contributed by atoms with E-state index in [4.69, 9.17) is 14.6 Å². The molecule has 36 heavy (non-hydrogen) atoms. The first-order valence-corrected chi connectivity index (χ1v) is 12.5.